The lowest BCUT2D eigenvalue weighted by molar-refractivity contribution is 0.426. The van der Waals surface area contributed by atoms with Gasteiger partial charge >= 0.3 is 7.12 Å². The molecule has 0 aliphatic rings. The van der Waals surface area contributed by atoms with E-state index in [1.807, 2.05) is 22.9 Å². The second kappa shape index (κ2) is 4.51. The van der Waals surface area contributed by atoms with Crippen molar-refractivity contribution in [3.8, 4) is 11.4 Å². The van der Waals surface area contributed by atoms with Crippen molar-refractivity contribution in [2.75, 3.05) is 0 Å². The first kappa shape index (κ1) is 10.9. The fourth-order valence-corrected chi connectivity index (χ4v) is 1.63. The molecule has 2 rings (SSSR count). The Labute approximate surface area is 94.3 Å². The molecule has 16 heavy (non-hydrogen) atoms. The van der Waals surface area contributed by atoms with Crippen molar-refractivity contribution in [1.29, 1.82) is 0 Å². The van der Waals surface area contributed by atoms with Crippen molar-refractivity contribution in [1.82, 2.24) is 9.55 Å². The smallest absolute Gasteiger partial charge is 0.423 e. The molecule has 0 saturated heterocycles. The highest BCUT2D eigenvalue weighted by molar-refractivity contribution is 6.58. The lowest BCUT2D eigenvalue weighted by atomic mass is 9.80. The van der Waals surface area contributed by atoms with Gasteiger partial charge in [0.2, 0.25) is 0 Å². The van der Waals surface area contributed by atoms with Gasteiger partial charge in [-0.05, 0) is 12.4 Å². The molecule has 1 aromatic carbocycles. The molecule has 5 heteroatoms. The van der Waals surface area contributed by atoms with Crippen LogP contribution in [0.1, 0.15) is 6.92 Å². The van der Waals surface area contributed by atoms with Crippen LogP contribution in [0.3, 0.4) is 0 Å². The van der Waals surface area contributed by atoms with Gasteiger partial charge in [-0.3, -0.25) is 0 Å². The molecule has 82 valence electrons. The monoisotopic (exact) mass is 216 g/mol. The molecule has 0 amide bonds. The molecule has 2 N–H and O–H groups in total. The van der Waals surface area contributed by atoms with Crippen LogP contribution in [0.2, 0.25) is 0 Å². The van der Waals surface area contributed by atoms with Crippen molar-refractivity contribution in [3.63, 3.8) is 0 Å². The van der Waals surface area contributed by atoms with E-state index in [4.69, 9.17) is 10.0 Å². The number of nitrogens with zero attached hydrogens (tertiary/aromatic N) is 2. The van der Waals surface area contributed by atoms with E-state index in [-0.39, 0.29) is 0 Å². The summed E-state index contributed by atoms with van der Waals surface area (Å²) in [7, 11) is -1.42. The molecule has 0 bridgehead atoms. The van der Waals surface area contributed by atoms with E-state index in [2.05, 4.69) is 11.9 Å². The second-order valence-corrected chi connectivity index (χ2v) is 3.53. The molecule has 1 heterocycles. The van der Waals surface area contributed by atoms with Gasteiger partial charge in [0.05, 0.1) is 0 Å². The van der Waals surface area contributed by atoms with Gasteiger partial charge in [-0.2, -0.15) is 0 Å². The number of aromatic nitrogens is 2. The van der Waals surface area contributed by atoms with Crippen LogP contribution in [0.4, 0.5) is 0 Å². The van der Waals surface area contributed by atoms with Gasteiger partial charge in [0.25, 0.3) is 0 Å². The van der Waals surface area contributed by atoms with E-state index in [9.17, 15) is 0 Å². The van der Waals surface area contributed by atoms with E-state index in [1.54, 1.807) is 18.3 Å². The molecule has 0 fully saturated rings. The molecule has 0 unspecified atom stereocenters. The fourth-order valence-electron chi connectivity index (χ4n) is 1.63. The maximum atomic E-state index is 8.98. The van der Waals surface area contributed by atoms with Crippen LogP contribution in [0.15, 0.2) is 36.7 Å². The largest absolute Gasteiger partial charge is 0.488 e. The Hall–Kier alpha value is -1.59. The highest BCUT2D eigenvalue weighted by Gasteiger charge is 2.11. The van der Waals surface area contributed by atoms with Crippen molar-refractivity contribution in [2.45, 2.75) is 13.5 Å². The number of hydrogen-bond acceptors (Lipinski definition) is 3. The van der Waals surface area contributed by atoms with Crippen molar-refractivity contribution >= 4 is 12.6 Å². The number of rotatable bonds is 3. The summed E-state index contributed by atoms with van der Waals surface area (Å²) < 4.78 is 2.03. The van der Waals surface area contributed by atoms with Gasteiger partial charge in [0, 0.05) is 24.5 Å². The summed E-state index contributed by atoms with van der Waals surface area (Å²) >= 11 is 0. The Kier molecular flexibility index (Phi) is 3.08. The molecular weight excluding hydrogens is 203 g/mol. The zero-order chi connectivity index (χ0) is 11.5. The van der Waals surface area contributed by atoms with Gasteiger partial charge in [0.15, 0.2) is 0 Å². The van der Waals surface area contributed by atoms with Crippen molar-refractivity contribution in [3.05, 3.63) is 36.7 Å². The van der Waals surface area contributed by atoms with E-state index in [0.717, 1.165) is 17.9 Å². The zero-order valence-corrected chi connectivity index (χ0v) is 9.04. The van der Waals surface area contributed by atoms with Crippen LogP contribution in [-0.4, -0.2) is 26.7 Å². The first-order valence-electron chi connectivity index (χ1n) is 5.20. The van der Waals surface area contributed by atoms with Crippen LogP contribution in [0.5, 0.6) is 0 Å². The van der Waals surface area contributed by atoms with Crippen LogP contribution >= 0.6 is 0 Å². The average Bonchev–Trinajstić information content (AvgIpc) is 2.77. The van der Waals surface area contributed by atoms with Gasteiger partial charge in [-0.25, -0.2) is 4.98 Å². The number of hydrogen-bond donors (Lipinski definition) is 2. The number of imidazole rings is 1. The molecular formula is C11H13BN2O2. The number of aryl methyl sites for hydroxylation is 1. The minimum absolute atomic E-state index is 0.485. The predicted molar refractivity (Wildman–Crippen MR) is 63.2 cm³/mol. The standard InChI is InChI=1S/C11H13BN2O2/c1-2-14-8-7-13-11(14)9-3-5-10(6-4-9)12(15)16/h3-8,15-16H,2H2,1H3. The third kappa shape index (κ3) is 2.00. The van der Waals surface area contributed by atoms with E-state index in [0.29, 0.717) is 5.46 Å². The normalized spacial score (nSPS) is 10.4. The molecule has 0 radical (unpaired) electrons. The third-order valence-corrected chi connectivity index (χ3v) is 2.52. The Bertz CT molecular complexity index is 465. The molecule has 0 atom stereocenters. The summed E-state index contributed by atoms with van der Waals surface area (Å²) in [6.45, 7) is 2.91. The summed E-state index contributed by atoms with van der Waals surface area (Å²) in [6, 6.07) is 7.05. The lowest BCUT2D eigenvalue weighted by Gasteiger charge is -2.05. The van der Waals surface area contributed by atoms with Gasteiger partial charge in [-0.15, -0.1) is 0 Å². The molecule has 2 aromatic rings. The maximum Gasteiger partial charge on any atom is 0.488 e. The molecule has 4 nitrogen and oxygen atoms in total. The number of benzene rings is 1. The minimum Gasteiger partial charge on any atom is -0.423 e. The van der Waals surface area contributed by atoms with E-state index < -0.39 is 7.12 Å². The second-order valence-electron chi connectivity index (χ2n) is 3.53. The highest BCUT2D eigenvalue weighted by Crippen LogP contribution is 2.15. The van der Waals surface area contributed by atoms with Gasteiger partial charge < -0.3 is 14.6 Å². The summed E-state index contributed by atoms with van der Waals surface area (Å²) in [5.41, 5.74) is 1.45. The Balaban J connectivity index is 2.35. The van der Waals surface area contributed by atoms with Crippen molar-refractivity contribution < 1.29 is 10.0 Å². The molecule has 0 aliphatic carbocycles. The van der Waals surface area contributed by atoms with Gasteiger partial charge in [-0.1, -0.05) is 24.3 Å². The Morgan fingerprint density at radius 1 is 1.25 bits per heavy atom. The summed E-state index contributed by atoms with van der Waals surface area (Å²) in [4.78, 5) is 4.27. The quantitative estimate of drug-likeness (QED) is 0.723. The van der Waals surface area contributed by atoms with Crippen LogP contribution in [0.25, 0.3) is 11.4 Å². The first-order valence-corrected chi connectivity index (χ1v) is 5.20. The lowest BCUT2D eigenvalue weighted by Crippen LogP contribution is -2.29. The summed E-state index contributed by atoms with van der Waals surface area (Å²) in [6.07, 6.45) is 3.68. The fraction of sp³-hybridized carbons (Fsp3) is 0.182. The van der Waals surface area contributed by atoms with Crippen LogP contribution in [-0.2, 0) is 6.54 Å². The summed E-state index contributed by atoms with van der Waals surface area (Å²) in [5, 5.41) is 18.0. The summed E-state index contributed by atoms with van der Waals surface area (Å²) in [5.74, 6) is 0.890. The highest BCUT2D eigenvalue weighted by atomic mass is 16.4. The first-order chi connectivity index (χ1) is 7.72. The third-order valence-electron chi connectivity index (χ3n) is 2.52. The topological polar surface area (TPSA) is 58.3 Å². The van der Waals surface area contributed by atoms with Crippen LogP contribution < -0.4 is 5.46 Å². The molecule has 0 spiro atoms. The predicted octanol–water partition coefficient (Wildman–Crippen LogP) is 0.250. The average molecular weight is 216 g/mol. The van der Waals surface area contributed by atoms with Gasteiger partial charge in [0.1, 0.15) is 5.82 Å². The maximum absolute atomic E-state index is 8.98. The SMILES string of the molecule is CCn1ccnc1-c1ccc(B(O)O)cc1. The Morgan fingerprint density at radius 3 is 2.50 bits per heavy atom. The molecule has 1 aromatic heterocycles. The van der Waals surface area contributed by atoms with Crippen LogP contribution in [0, 0.1) is 0 Å². The van der Waals surface area contributed by atoms with E-state index in [1.165, 1.54) is 0 Å². The molecule has 0 aliphatic heterocycles. The van der Waals surface area contributed by atoms with Crippen molar-refractivity contribution in [2.24, 2.45) is 0 Å². The van der Waals surface area contributed by atoms with E-state index >= 15 is 0 Å². The molecule has 0 saturated carbocycles. The Morgan fingerprint density at radius 2 is 1.94 bits per heavy atom. The zero-order valence-electron chi connectivity index (χ0n) is 9.04. The minimum atomic E-state index is -1.42.